The molecule has 1 heterocycles. The summed E-state index contributed by atoms with van der Waals surface area (Å²) in [6.45, 7) is 2.43. The number of carbonyl (C=O) groups excluding carboxylic acids is 2. The number of hydrogen-bond acceptors (Lipinski definition) is 4. The maximum atomic E-state index is 12.2. The number of amides is 2. The topological polar surface area (TPSA) is 110 Å². The van der Waals surface area contributed by atoms with Gasteiger partial charge in [0.1, 0.15) is 5.25 Å². The first-order valence-corrected chi connectivity index (χ1v) is 8.64. The molecule has 7 nitrogen and oxygen atoms in total. The third kappa shape index (κ3) is 3.45. The van der Waals surface area contributed by atoms with Gasteiger partial charge in [0.25, 0.3) is 5.91 Å². The molecule has 1 aromatic carbocycles. The van der Waals surface area contributed by atoms with E-state index < -0.39 is 15.3 Å². The van der Waals surface area contributed by atoms with Crippen LogP contribution in [0.1, 0.15) is 30.1 Å². The van der Waals surface area contributed by atoms with Crippen LogP contribution in [0.5, 0.6) is 0 Å². The monoisotopic (exact) mass is 325 g/mol. The summed E-state index contributed by atoms with van der Waals surface area (Å²) in [5, 5.41) is 6.93. The lowest BCUT2D eigenvalue weighted by Gasteiger charge is -2.19. The van der Waals surface area contributed by atoms with Gasteiger partial charge in [0, 0.05) is 19.5 Å². The number of para-hydroxylation sites is 1. The van der Waals surface area contributed by atoms with Crippen LogP contribution in [0.2, 0.25) is 0 Å². The Labute approximate surface area is 129 Å². The average molecular weight is 325 g/mol. The van der Waals surface area contributed by atoms with Crippen molar-refractivity contribution in [1.82, 2.24) is 5.32 Å². The fraction of sp³-hybridized carbons (Fsp3) is 0.429. The quantitative estimate of drug-likeness (QED) is 0.807. The first-order chi connectivity index (χ1) is 10.3. The third-order valence-corrected chi connectivity index (χ3v) is 4.77. The van der Waals surface area contributed by atoms with Crippen LogP contribution < -0.4 is 15.4 Å². The second-order valence-electron chi connectivity index (χ2n) is 5.19. The SMILES string of the molecule is CCCNC(=O)c1ccccc1N1CC(S(N)(=O)=O)CC1=O. The lowest BCUT2D eigenvalue weighted by atomic mass is 10.1. The van der Waals surface area contributed by atoms with Gasteiger partial charge in [0.05, 0.1) is 11.3 Å². The van der Waals surface area contributed by atoms with Crippen molar-refractivity contribution in [2.24, 2.45) is 5.14 Å². The Morgan fingerprint density at radius 3 is 2.68 bits per heavy atom. The first-order valence-electron chi connectivity index (χ1n) is 7.03. The van der Waals surface area contributed by atoms with Gasteiger partial charge in [-0.15, -0.1) is 0 Å². The van der Waals surface area contributed by atoms with E-state index in [0.717, 1.165) is 6.42 Å². The lowest BCUT2D eigenvalue weighted by molar-refractivity contribution is -0.117. The fourth-order valence-corrected chi connectivity index (χ4v) is 3.09. The Bertz CT molecular complexity index is 687. The maximum Gasteiger partial charge on any atom is 0.253 e. The van der Waals surface area contributed by atoms with Crippen LogP contribution in [-0.4, -0.2) is 38.6 Å². The molecule has 0 spiro atoms. The number of primary sulfonamides is 1. The van der Waals surface area contributed by atoms with Crippen LogP contribution >= 0.6 is 0 Å². The van der Waals surface area contributed by atoms with Crippen molar-refractivity contribution in [1.29, 1.82) is 0 Å². The Hall–Kier alpha value is -1.93. The van der Waals surface area contributed by atoms with Gasteiger partial charge in [0.2, 0.25) is 15.9 Å². The standard InChI is InChI=1S/C14H19N3O4S/c1-2-7-16-14(19)11-5-3-4-6-12(11)17-9-10(8-13(17)18)22(15,20)21/h3-6,10H,2,7-9H2,1H3,(H,16,19)(H2,15,20,21). The smallest absolute Gasteiger partial charge is 0.253 e. The van der Waals surface area contributed by atoms with Crippen molar-refractivity contribution in [2.75, 3.05) is 18.0 Å². The number of nitrogens with zero attached hydrogens (tertiary/aromatic N) is 1. The Kier molecular flexibility index (Phi) is 4.82. The number of rotatable bonds is 5. The molecular formula is C14H19N3O4S. The molecule has 1 fully saturated rings. The van der Waals surface area contributed by atoms with E-state index in [1.165, 1.54) is 4.90 Å². The van der Waals surface area contributed by atoms with E-state index in [-0.39, 0.29) is 24.8 Å². The number of hydrogen-bond donors (Lipinski definition) is 2. The summed E-state index contributed by atoms with van der Waals surface area (Å²) in [4.78, 5) is 25.6. The maximum absolute atomic E-state index is 12.2. The zero-order chi connectivity index (χ0) is 16.3. The van der Waals surface area contributed by atoms with Gasteiger partial charge in [-0.25, -0.2) is 13.6 Å². The average Bonchev–Trinajstić information content (AvgIpc) is 2.86. The highest BCUT2D eigenvalue weighted by Gasteiger charge is 2.38. The van der Waals surface area contributed by atoms with Gasteiger partial charge in [-0.05, 0) is 18.6 Å². The van der Waals surface area contributed by atoms with Crippen LogP contribution in [-0.2, 0) is 14.8 Å². The summed E-state index contributed by atoms with van der Waals surface area (Å²) in [6.07, 6.45) is 0.633. The molecule has 0 aliphatic carbocycles. The van der Waals surface area contributed by atoms with E-state index in [2.05, 4.69) is 5.32 Å². The highest BCUT2D eigenvalue weighted by molar-refractivity contribution is 7.89. The van der Waals surface area contributed by atoms with Crippen molar-refractivity contribution in [2.45, 2.75) is 25.0 Å². The summed E-state index contributed by atoms with van der Waals surface area (Å²) < 4.78 is 22.9. The summed E-state index contributed by atoms with van der Waals surface area (Å²) in [5.74, 6) is -0.640. The molecule has 0 saturated carbocycles. The molecule has 1 atom stereocenters. The normalized spacial score (nSPS) is 18.5. The predicted molar refractivity (Wildman–Crippen MR) is 82.9 cm³/mol. The Morgan fingerprint density at radius 2 is 2.09 bits per heavy atom. The van der Waals surface area contributed by atoms with Crippen LogP contribution in [0.25, 0.3) is 0 Å². The van der Waals surface area contributed by atoms with Gasteiger partial charge in [-0.1, -0.05) is 19.1 Å². The van der Waals surface area contributed by atoms with Crippen molar-refractivity contribution in [3.8, 4) is 0 Å². The summed E-state index contributed by atoms with van der Waals surface area (Å²) >= 11 is 0. The van der Waals surface area contributed by atoms with Gasteiger partial charge in [-0.2, -0.15) is 0 Å². The molecule has 1 saturated heterocycles. The van der Waals surface area contributed by atoms with E-state index in [1.54, 1.807) is 24.3 Å². The minimum Gasteiger partial charge on any atom is -0.352 e. The number of carbonyl (C=O) groups is 2. The van der Waals surface area contributed by atoms with Crippen LogP contribution in [0.4, 0.5) is 5.69 Å². The second kappa shape index (κ2) is 6.45. The number of nitrogens with two attached hydrogens (primary N) is 1. The van der Waals surface area contributed by atoms with E-state index in [4.69, 9.17) is 5.14 Å². The lowest BCUT2D eigenvalue weighted by Crippen LogP contribution is -2.33. The van der Waals surface area contributed by atoms with Crippen LogP contribution in [0.3, 0.4) is 0 Å². The van der Waals surface area contributed by atoms with Crippen LogP contribution in [0, 0.1) is 0 Å². The molecule has 1 aliphatic heterocycles. The minimum atomic E-state index is -3.79. The molecule has 120 valence electrons. The molecule has 2 rings (SSSR count). The Balaban J connectivity index is 2.30. The first kappa shape index (κ1) is 16.4. The largest absolute Gasteiger partial charge is 0.352 e. The van der Waals surface area contributed by atoms with E-state index >= 15 is 0 Å². The molecule has 0 radical (unpaired) electrons. The van der Waals surface area contributed by atoms with Crippen LogP contribution in [0.15, 0.2) is 24.3 Å². The number of nitrogens with one attached hydrogen (secondary N) is 1. The molecule has 22 heavy (non-hydrogen) atoms. The molecular weight excluding hydrogens is 306 g/mol. The number of benzene rings is 1. The van der Waals surface area contributed by atoms with Gasteiger partial charge >= 0.3 is 0 Å². The zero-order valence-electron chi connectivity index (χ0n) is 12.3. The molecule has 1 aromatic rings. The van der Waals surface area contributed by atoms with Crippen molar-refractivity contribution < 1.29 is 18.0 Å². The summed E-state index contributed by atoms with van der Waals surface area (Å²) in [7, 11) is -3.79. The van der Waals surface area contributed by atoms with E-state index in [9.17, 15) is 18.0 Å². The molecule has 2 amide bonds. The zero-order valence-corrected chi connectivity index (χ0v) is 13.1. The van der Waals surface area contributed by atoms with Crippen molar-refractivity contribution >= 4 is 27.5 Å². The Morgan fingerprint density at radius 1 is 1.41 bits per heavy atom. The van der Waals surface area contributed by atoms with E-state index in [1.807, 2.05) is 6.92 Å². The number of sulfonamides is 1. The fourth-order valence-electron chi connectivity index (χ4n) is 2.36. The summed E-state index contributed by atoms with van der Waals surface area (Å²) in [5.41, 5.74) is 0.756. The molecule has 0 aromatic heterocycles. The van der Waals surface area contributed by atoms with Crippen molar-refractivity contribution in [3.63, 3.8) is 0 Å². The third-order valence-electron chi connectivity index (χ3n) is 3.53. The molecule has 1 aliphatic rings. The summed E-state index contributed by atoms with van der Waals surface area (Å²) in [6, 6.07) is 6.63. The predicted octanol–water partition coefficient (Wildman–Crippen LogP) is 0.220. The molecule has 0 bridgehead atoms. The van der Waals surface area contributed by atoms with E-state index in [0.29, 0.717) is 17.8 Å². The molecule has 3 N–H and O–H groups in total. The van der Waals surface area contributed by atoms with Gasteiger partial charge < -0.3 is 10.2 Å². The second-order valence-corrected chi connectivity index (χ2v) is 7.04. The highest BCUT2D eigenvalue weighted by atomic mass is 32.2. The number of anilines is 1. The highest BCUT2D eigenvalue weighted by Crippen LogP contribution is 2.27. The van der Waals surface area contributed by atoms with Gasteiger partial charge in [-0.3, -0.25) is 9.59 Å². The molecule has 8 heteroatoms. The minimum absolute atomic E-state index is 0.0320. The van der Waals surface area contributed by atoms with Gasteiger partial charge in [0.15, 0.2) is 0 Å². The molecule has 1 unspecified atom stereocenters. The van der Waals surface area contributed by atoms with Crippen molar-refractivity contribution in [3.05, 3.63) is 29.8 Å².